The third-order valence-electron chi connectivity index (χ3n) is 0. The Morgan fingerprint density at radius 1 is 1.33 bits per heavy atom. The van der Waals surface area contributed by atoms with Crippen LogP contribution in [0.3, 0.4) is 0 Å². The number of carbonyl (C=O) groups is 1. The van der Waals surface area contributed by atoms with Crippen LogP contribution < -0.4 is 10.2 Å². The predicted molar refractivity (Wildman–Crippen MR) is 13.1 cm³/mol. The number of carboxylic acid groups (broad SMARTS) is 2. The molecule has 0 aliphatic rings. The molecule has 0 saturated carbocycles. The molecule has 0 aliphatic carbocycles. The second kappa shape index (κ2) is 8.92. The minimum atomic E-state index is -2.33. The molecule has 0 atom stereocenters. The van der Waals surface area contributed by atoms with Gasteiger partial charge in [-0.2, -0.15) is 0 Å². The molecule has 0 aromatic heterocycles. The molecule has 0 aromatic carbocycles. The van der Waals surface area contributed by atoms with Crippen LogP contribution in [-0.4, -0.2) is 37.5 Å². The Labute approximate surface area is 52.9 Å². The molecule has 1 N–H and O–H groups in total. The largest absolute Gasteiger partial charge is 3.00 e. The molecule has 0 unspecified atom stereocenters. The van der Waals surface area contributed by atoms with Crippen molar-refractivity contribution >= 4 is 32.0 Å². The smallest absolute Gasteiger partial charge is 0.870 e. The van der Waals surface area contributed by atoms with Gasteiger partial charge in [-0.15, -0.1) is 0 Å². The van der Waals surface area contributed by atoms with E-state index in [1.165, 1.54) is 0 Å². The van der Waals surface area contributed by atoms with Crippen LogP contribution in [-0.2, 0) is 0 Å². The second-order valence-electron chi connectivity index (χ2n) is 0.250. The van der Waals surface area contributed by atoms with E-state index in [-0.39, 0.29) is 31.3 Å². The summed E-state index contributed by atoms with van der Waals surface area (Å²) in [6, 6.07) is 0. The van der Waals surface area contributed by atoms with Gasteiger partial charge in [0.05, 0.1) is 0 Å². The molecular weight excluding hydrogens is 191 g/mol. The first kappa shape index (κ1) is 16.5. The van der Waals surface area contributed by atoms with Gasteiger partial charge in [0.1, 0.15) is 0 Å². The van der Waals surface area contributed by atoms with E-state index in [0.29, 0.717) is 0 Å². The van der Waals surface area contributed by atoms with E-state index >= 15 is 0 Å². The standard InChI is InChI=1S/CH2O3.In.H2O/c2-1(3)4;;/h(H2,2,3,4);;1H2/q;+3;/p-3. The maximum Gasteiger partial charge on any atom is 3.00 e. The summed E-state index contributed by atoms with van der Waals surface area (Å²) >= 11 is 0. The van der Waals surface area contributed by atoms with Crippen molar-refractivity contribution in [1.82, 2.24) is 0 Å². The summed E-state index contributed by atoms with van der Waals surface area (Å²) in [7, 11) is 0. The molecule has 0 amide bonds. The normalized spacial score (nSPS) is 4.00. The zero-order chi connectivity index (χ0) is 3.58. The Balaban J connectivity index is -0.0000000450. The van der Waals surface area contributed by atoms with Gasteiger partial charge in [-0.05, 0) is 6.16 Å². The quantitative estimate of drug-likeness (QED) is 0.408. The monoisotopic (exact) mass is 192 g/mol. The van der Waals surface area contributed by atoms with Crippen LogP contribution in [0, 0.1) is 0 Å². The van der Waals surface area contributed by atoms with E-state index < -0.39 is 6.16 Å². The molecule has 6 heavy (non-hydrogen) atoms. The van der Waals surface area contributed by atoms with E-state index in [1.807, 2.05) is 0 Å². The van der Waals surface area contributed by atoms with E-state index in [4.69, 9.17) is 15.0 Å². The third-order valence-corrected chi connectivity index (χ3v) is 0. The summed E-state index contributed by atoms with van der Waals surface area (Å²) in [6.07, 6.45) is -2.33. The number of hydrogen-bond acceptors (Lipinski definition) is 4. The van der Waals surface area contributed by atoms with Gasteiger partial charge in [0, 0.05) is 0 Å². The molecule has 0 saturated heterocycles. The van der Waals surface area contributed by atoms with Crippen molar-refractivity contribution in [1.29, 1.82) is 0 Å². The van der Waals surface area contributed by atoms with Crippen molar-refractivity contribution in [2.75, 3.05) is 0 Å². The van der Waals surface area contributed by atoms with Gasteiger partial charge >= 0.3 is 25.8 Å². The van der Waals surface area contributed by atoms with Crippen molar-refractivity contribution in [2.24, 2.45) is 0 Å². The number of rotatable bonds is 0. The van der Waals surface area contributed by atoms with Gasteiger partial charge in [-0.1, -0.05) is 0 Å². The average Bonchev–Trinajstić information content (AvgIpc) is 0.811. The zero-order valence-corrected chi connectivity index (χ0v) is 6.04. The fourth-order valence-electron chi connectivity index (χ4n) is 0. The van der Waals surface area contributed by atoms with Gasteiger partial charge in [0.2, 0.25) is 0 Å². The summed E-state index contributed by atoms with van der Waals surface area (Å²) < 4.78 is 0. The van der Waals surface area contributed by atoms with E-state index in [9.17, 15) is 0 Å². The summed E-state index contributed by atoms with van der Waals surface area (Å²) in [5, 5.41) is 16.7. The summed E-state index contributed by atoms with van der Waals surface area (Å²) in [6.45, 7) is 0. The summed E-state index contributed by atoms with van der Waals surface area (Å²) in [4.78, 5) is 8.33. The molecule has 5 heteroatoms. The van der Waals surface area contributed by atoms with Crippen molar-refractivity contribution in [3.63, 3.8) is 0 Å². The van der Waals surface area contributed by atoms with Gasteiger partial charge in [0.25, 0.3) is 0 Å². The van der Waals surface area contributed by atoms with Crippen molar-refractivity contribution in [3.05, 3.63) is 0 Å². The SMILES string of the molecule is O=C([O-])[O-].[In+3].[OH-]. The molecule has 0 aromatic rings. The topological polar surface area (TPSA) is 93.2 Å². The molecule has 0 bridgehead atoms. The molecule has 0 spiro atoms. The average molecular weight is 192 g/mol. The van der Waals surface area contributed by atoms with Gasteiger partial charge in [-0.3, -0.25) is 0 Å². The first-order valence-corrected chi connectivity index (χ1v) is 0.612. The molecule has 0 heterocycles. The molecule has 4 nitrogen and oxygen atoms in total. The Morgan fingerprint density at radius 3 is 1.33 bits per heavy atom. The van der Waals surface area contributed by atoms with Crippen LogP contribution >= 0.6 is 0 Å². The van der Waals surface area contributed by atoms with Crippen LogP contribution in [0.25, 0.3) is 0 Å². The van der Waals surface area contributed by atoms with E-state index in [0.717, 1.165) is 0 Å². The maximum absolute atomic E-state index is 8.33. The Kier molecular flexibility index (Phi) is 24.5. The molecule has 0 radical (unpaired) electrons. The van der Waals surface area contributed by atoms with E-state index in [1.54, 1.807) is 0 Å². The molecular formula is CHInO4. The Morgan fingerprint density at radius 2 is 1.33 bits per heavy atom. The molecule has 0 rings (SSSR count). The van der Waals surface area contributed by atoms with Crippen LogP contribution in [0.4, 0.5) is 4.79 Å². The minimum Gasteiger partial charge on any atom is -0.870 e. The molecule has 0 fully saturated rings. The molecule has 32 valence electrons. The van der Waals surface area contributed by atoms with Crippen LogP contribution in [0.1, 0.15) is 0 Å². The fourth-order valence-corrected chi connectivity index (χ4v) is 0. The summed E-state index contributed by atoms with van der Waals surface area (Å²) in [5.41, 5.74) is 0. The third kappa shape index (κ3) is 3930. The Hall–Kier alpha value is 0.100. The number of hydrogen-bond donors (Lipinski definition) is 0. The van der Waals surface area contributed by atoms with Crippen LogP contribution in [0.5, 0.6) is 0 Å². The van der Waals surface area contributed by atoms with Crippen molar-refractivity contribution in [3.8, 4) is 0 Å². The van der Waals surface area contributed by atoms with Crippen molar-refractivity contribution < 1.29 is 20.5 Å². The number of carbonyl (C=O) groups excluding carboxylic acids is 1. The molecule has 0 aliphatic heterocycles. The predicted octanol–water partition coefficient (Wildman–Crippen LogP) is -3.00. The van der Waals surface area contributed by atoms with E-state index in [2.05, 4.69) is 0 Å². The fraction of sp³-hybridized carbons (Fsp3) is 0. The van der Waals surface area contributed by atoms with Gasteiger partial charge < -0.3 is 20.5 Å². The van der Waals surface area contributed by atoms with Crippen LogP contribution in [0.15, 0.2) is 0 Å². The maximum atomic E-state index is 8.33. The summed E-state index contributed by atoms with van der Waals surface area (Å²) in [5.74, 6) is 0. The zero-order valence-electron chi connectivity index (χ0n) is 2.75. The minimum absolute atomic E-state index is 0. The first-order chi connectivity index (χ1) is 1.73. The van der Waals surface area contributed by atoms with Gasteiger partial charge in [0.15, 0.2) is 0 Å². The van der Waals surface area contributed by atoms with Crippen molar-refractivity contribution in [2.45, 2.75) is 0 Å². The van der Waals surface area contributed by atoms with Gasteiger partial charge in [-0.25, -0.2) is 0 Å². The second-order valence-corrected chi connectivity index (χ2v) is 0.250. The first-order valence-electron chi connectivity index (χ1n) is 0.612. The van der Waals surface area contributed by atoms with Crippen LogP contribution in [0.2, 0.25) is 0 Å². The Bertz CT molecular complexity index is 30.5.